The highest BCUT2D eigenvalue weighted by molar-refractivity contribution is 9.09. The van der Waals surface area contributed by atoms with Crippen LogP contribution in [0.25, 0.3) is 11.3 Å². The minimum absolute atomic E-state index is 0.132. The number of alkyl halides is 1. The highest BCUT2D eigenvalue weighted by Crippen LogP contribution is 2.24. The van der Waals surface area contributed by atoms with Crippen LogP contribution in [0, 0.1) is 5.82 Å². The number of nitrogens with zero attached hydrogens (tertiary/aromatic N) is 2. The number of aromatic nitrogens is 2. The molecule has 0 bridgehead atoms. The summed E-state index contributed by atoms with van der Waals surface area (Å²) in [5, 5.41) is 5.22. The van der Waals surface area contributed by atoms with Crippen molar-refractivity contribution in [3.05, 3.63) is 36.1 Å². The summed E-state index contributed by atoms with van der Waals surface area (Å²) in [7, 11) is 0. The molecule has 2 rings (SSSR count). The van der Waals surface area contributed by atoms with Crippen molar-refractivity contribution in [3.8, 4) is 11.3 Å². The molecule has 3 nitrogen and oxygen atoms in total. The molecule has 1 aromatic carbocycles. The van der Waals surface area contributed by atoms with Crippen LogP contribution in [0.2, 0.25) is 0 Å². The Balaban J connectivity index is 2.43. The van der Waals surface area contributed by atoms with Crippen LogP contribution in [0.1, 0.15) is 4.79 Å². The zero-order valence-corrected chi connectivity index (χ0v) is 12.0. The van der Waals surface area contributed by atoms with Crippen LogP contribution in [-0.4, -0.2) is 27.3 Å². The molecule has 0 radical (unpaired) electrons. The molecule has 94 valence electrons. The van der Waals surface area contributed by atoms with Gasteiger partial charge in [0.2, 0.25) is 0 Å². The molecule has 0 aliphatic rings. The summed E-state index contributed by atoms with van der Waals surface area (Å²) in [6.07, 6.45) is 1.88. The zero-order chi connectivity index (χ0) is 13.1. The van der Waals surface area contributed by atoms with E-state index in [0.29, 0.717) is 5.69 Å². The fraction of sp³-hybridized carbons (Fsp3) is 0.167. The van der Waals surface area contributed by atoms with Crippen LogP contribution >= 0.6 is 27.7 Å². The van der Waals surface area contributed by atoms with Gasteiger partial charge in [0, 0.05) is 5.56 Å². The smallest absolute Gasteiger partial charge is 0.258 e. The third kappa shape index (κ3) is 2.64. The minimum Gasteiger partial charge on any atom is -0.272 e. The molecule has 1 heterocycles. The van der Waals surface area contributed by atoms with Crippen LogP contribution in [0.15, 0.2) is 35.4 Å². The molecule has 0 N–H and O–H groups in total. The maximum Gasteiger partial charge on any atom is 0.258 e. The van der Waals surface area contributed by atoms with Gasteiger partial charge in [0.25, 0.3) is 5.91 Å². The van der Waals surface area contributed by atoms with Gasteiger partial charge in [0.05, 0.1) is 11.0 Å². The first-order chi connectivity index (χ1) is 8.65. The molecular formula is C12H10BrFN2OS. The number of benzene rings is 1. The van der Waals surface area contributed by atoms with Crippen LogP contribution in [-0.2, 0) is 0 Å². The maximum absolute atomic E-state index is 12.8. The van der Waals surface area contributed by atoms with Gasteiger partial charge in [-0.15, -0.1) is 11.8 Å². The van der Waals surface area contributed by atoms with E-state index in [-0.39, 0.29) is 17.1 Å². The van der Waals surface area contributed by atoms with Crippen molar-refractivity contribution in [3.63, 3.8) is 0 Å². The molecule has 6 heteroatoms. The molecular weight excluding hydrogens is 319 g/mol. The highest BCUT2D eigenvalue weighted by atomic mass is 79.9. The lowest BCUT2D eigenvalue weighted by Gasteiger charge is -1.99. The number of rotatable bonds is 3. The summed E-state index contributed by atoms with van der Waals surface area (Å²) in [6.45, 7) is 0. The Bertz CT molecular complexity index is 568. The Morgan fingerprint density at radius 1 is 1.44 bits per heavy atom. The third-order valence-corrected chi connectivity index (χ3v) is 3.57. The van der Waals surface area contributed by atoms with Crippen LogP contribution in [0.4, 0.5) is 4.39 Å². The Kier molecular flexibility index (Phi) is 4.19. The average Bonchev–Trinajstić information content (AvgIpc) is 2.82. The van der Waals surface area contributed by atoms with Crippen LogP contribution < -0.4 is 0 Å². The Morgan fingerprint density at radius 3 is 2.67 bits per heavy atom. The lowest BCUT2D eigenvalue weighted by molar-refractivity contribution is 0.0917. The Morgan fingerprint density at radius 2 is 2.11 bits per heavy atom. The van der Waals surface area contributed by atoms with E-state index in [0.717, 1.165) is 10.6 Å². The first kappa shape index (κ1) is 13.3. The molecule has 0 spiro atoms. The van der Waals surface area contributed by atoms with Crippen molar-refractivity contribution in [2.75, 3.05) is 11.6 Å². The monoisotopic (exact) mass is 328 g/mol. The Hall–Kier alpha value is -1.14. The van der Waals surface area contributed by atoms with Gasteiger partial charge in [-0.2, -0.15) is 9.78 Å². The molecule has 0 aliphatic carbocycles. The first-order valence-electron chi connectivity index (χ1n) is 5.15. The SMILES string of the molecule is CSc1cc(-c2ccc(F)cc2)nn1C(=O)CBr. The molecule has 0 saturated carbocycles. The quantitative estimate of drug-likeness (QED) is 0.639. The zero-order valence-electron chi connectivity index (χ0n) is 9.56. The van der Waals surface area contributed by atoms with E-state index < -0.39 is 0 Å². The van der Waals surface area contributed by atoms with E-state index in [1.54, 1.807) is 12.1 Å². The van der Waals surface area contributed by atoms with Gasteiger partial charge in [0.1, 0.15) is 10.8 Å². The standard InChI is InChI=1S/C12H10BrFN2OS/c1-18-12-6-10(15-16(12)11(17)7-13)8-2-4-9(14)5-3-8/h2-6H,7H2,1H3. The average molecular weight is 329 g/mol. The van der Waals surface area contributed by atoms with Crippen molar-refractivity contribution in [2.24, 2.45) is 0 Å². The number of carbonyl (C=O) groups excluding carboxylic acids is 1. The van der Waals surface area contributed by atoms with Gasteiger partial charge in [0.15, 0.2) is 0 Å². The number of hydrogen-bond donors (Lipinski definition) is 0. The molecule has 0 aliphatic heterocycles. The fourth-order valence-electron chi connectivity index (χ4n) is 1.51. The summed E-state index contributed by atoms with van der Waals surface area (Å²) in [5.74, 6) is -0.424. The number of thioether (sulfide) groups is 1. The molecule has 0 unspecified atom stereocenters. The van der Waals surface area contributed by atoms with Crippen LogP contribution in [0.3, 0.4) is 0 Å². The van der Waals surface area contributed by atoms with Crippen molar-refractivity contribution >= 4 is 33.6 Å². The predicted octanol–water partition coefficient (Wildman–Crippen LogP) is 3.45. The number of halogens is 2. The summed E-state index contributed by atoms with van der Waals surface area (Å²) >= 11 is 4.56. The molecule has 0 fully saturated rings. The summed E-state index contributed by atoms with van der Waals surface area (Å²) in [5.41, 5.74) is 1.45. The van der Waals surface area contributed by atoms with Crippen molar-refractivity contribution in [2.45, 2.75) is 5.03 Å². The second kappa shape index (κ2) is 5.67. The molecule has 0 atom stereocenters. The summed E-state index contributed by atoms with van der Waals surface area (Å²) in [4.78, 5) is 11.7. The van der Waals surface area contributed by atoms with Gasteiger partial charge in [-0.3, -0.25) is 4.79 Å². The normalized spacial score (nSPS) is 10.6. The fourth-order valence-corrected chi connectivity index (χ4v) is 2.29. The van der Waals surface area contributed by atoms with E-state index in [1.165, 1.54) is 28.6 Å². The topological polar surface area (TPSA) is 34.9 Å². The molecule has 2 aromatic rings. The van der Waals surface area contributed by atoms with E-state index in [2.05, 4.69) is 21.0 Å². The second-order valence-electron chi connectivity index (χ2n) is 3.52. The first-order valence-corrected chi connectivity index (χ1v) is 7.49. The van der Waals surface area contributed by atoms with Gasteiger partial charge in [-0.05, 0) is 36.6 Å². The van der Waals surface area contributed by atoms with Crippen molar-refractivity contribution in [1.29, 1.82) is 0 Å². The Labute approximate surface area is 117 Å². The molecule has 0 amide bonds. The van der Waals surface area contributed by atoms with Gasteiger partial charge >= 0.3 is 0 Å². The van der Waals surface area contributed by atoms with Gasteiger partial charge in [-0.25, -0.2) is 4.39 Å². The molecule has 18 heavy (non-hydrogen) atoms. The number of hydrogen-bond acceptors (Lipinski definition) is 3. The summed E-state index contributed by atoms with van der Waals surface area (Å²) in [6, 6.07) is 7.85. The predicted molar refractivity (Wildman–Crippen MR) is 73.8 cm³/mol. The van der Waals surface area contributed by atoms with Crippen molar-refractivity contribution < 1.29 is 9.18 Å². The second-order valence-corrected chi connectivity index (χ2v) is 4.91. The molecule has 0 saturated heterocycles. The lowest BCUT2D eigenvalue weighted by atomic mass is 10.1. The third-order valence-electron chi connectivity index (χ3n) is 2.38. The van der Waals surface area contributed by atoms with Gasteiger partial charge in [-0.1, -0.05) is 15.9 Å². The lowest BCUT2D eigenvalue weighted by Crippen LogP contribution is -2.14. The van der Waals surface area contributed by atoms with E-state index in [1.807, 2.05) is 12.3 Å². The van der Waals surface area contributed by atoms with Crippen molar-refractivity contribution in [1.82, 2.24) is 9.78 Å². The number of carbonyl (C=O) groups is 1. The van der Waals surface area contributed by atoms with E-state index in [9.17, 15) is 9.18 Å². The largest absolute Gasteiger partial charge is 0.272 e. The summed E-state index contributed by atoms with van der Waals surface area (Å²) < 4.78 is 14.2. The van der Waals surface area contributed by atoms with E-state index >= 15 is 0 Å². The minimum atomic E-state index is -0.292. The highest BCUT2D eigenvalue weighted by Gasteiger charge is 2.13. The van der Waals surface area contributed by atoms with Crippen LogP contribution in [0.5, 0.6) is 0 Å². The van der Waals surface area contributed by atoms with E-state index in [4.69, 9.17) is 0 Å². The maximum atomic E-state index is 12.8. The molecule has 1 aromatic heterocycles. The van der Waals surface area contributed by atoms with Gasteiger partial charge < -0.3 is 0 Å².